The van der Waals surface area contributed by atoms with E-state index in [0.717, 1.165) is 19.3 Å². The van der Waals surface area contributed by atoms with Crippen molar-refractivity contribution in [2.75, 3.05) is 30.4 Å². The van der Waals surface area contributed by atoms with Gasteiger partial charge in [-0.3, -0.25) is 14.4 Å². The summed E-state index contributed by atoms with van der Waals surface area (Å²) in [5.74, 6) is 1.01. The molecule has 1 aliphatic carbocycles. The Morgan fingerprint density at radius 2 is 1.95 bits per heavy atom. The Morgan fingerprint density at radius 1 is 1.16 bits per heavy atom. The number of nitrogens with one attached hydrogen (secondary N) is 2. The molecule has 15 heteroatoms. The van der Waals surface area contributed by atoms with E-state index in [-0.39, 0.29) is 17.6 Å². The number of methoxy groups -OCH3 is 1. The summed E-state index contributed by atoms with van der Waals surface area (Å²) >= 11 is 0. The van der Waals surface area contributed by atoms with Gasteiger partial charge in [-0.2, -0.15) is 5.10 Å². The van der Waals surface area contributed by atoms with E-state index >= 15 is 0 Å². The predicted molar refractivity (Wildman–Crippen MR) is 151 cm³/mol. The average molecular weight is 513 g/mol. The molecule has 0 unspecified atom stereocenters. The molecule has 0 spiro atoms. The number of hydrogen-bond acceptors (Lipinski definition) is 8. The maximum atomic E-state index is 13.2. The van der Waals surface area contributed by atoms with Crippen molar-refractivity contribution in [1.29, 1.82) is 0 Å². The molecule has 0 atom stereocenters. The lowest BCUT2D eigenvalue weighted by atomic mass is 9.49. The summed E-state index contributed by atoms with van der Waals surface area (Å²) in [4.78, 5) is 34.2. The van der Waals surface area contributed by atoms with Crippen LogP contribution in [0.1, 0.15) is 29.8 Å². The van der Waals surface area contributed by atoms with Crippen LogP contribution in [0.3, 0.4) is 0 Å². The Balaban J connectivity index is 1.52. The van der Waals surface area contributed by atoms with Crippen LogP contribution in [0.15, 0.2) is 30.6 Å². The molecule has 0 bridgehead atoms. The number of ether oxygens (including phenoxy) is 1. The largest absolute Gasteiger partial charge is 0.494 e. The predicted octanol–water partition coefficient (Wildman–Crippen LogP) is -0.941. The number of hydrogen-bond donors (Lipinski definition) is 2. The molecule has 5 rings (SSSR count). The third-order valence-corrected chi connectivity index (χ3v) is 6.65. The first-order valence-electron chi connectivity index (χ1n) is 12.7. The molecule has 12 nitrogen and oxygen atoms in total. The van der Waals surface area contributed by atoms with Crippen LogP contribution in [-0.2, 0) is 7.05 Å². The summed E-state index contributed by atoms with van der Waals surface area (Å²) < 4.78 is 7.35. The molecule has 2 aromatic heterocycles. The summed E-state index contributed by atoms with van der Waals surface area (Å²) in [7, 11) is 9.04. The van der Waals surface area contributed by atoms with Crippen LogP contribution >= 0.6 is 0 Å². The van der Waals surface area contributed by atoms with Gasteiger partial charge in [0.15, 0.2) is 23.1 Å². The first-order chi connectivity index (χ1) is 18.1. The Kier molecular flexibility index (Phi) is 6.76. The first kappa shape index (κ1) is 25.6. The number of urea groups is 1. The van der Waals surface area contributed by atoms with Crippen molar-refractivity contribution >= 4 is 52.7 Å². The normalized spacial score (nSPS) is 15.9. The Morgan fingerprint density at radius 3 is 2.58 bits per heavy atom. The van der Waals surface area contributed by atoms with Gasteiger partial charge in [-0.1, -0.05) is 6.07 Å². The summed E-state index contributed by atoms with van der Waals surface area (Å²) in [6.45, 7) is 1.16. The SMILES string of the molecule is BC(B)(B)NC(=O)c1nnc(N2CCN(C3CCC3)C2=O)cc1Nc1cccc(-c2ncn(C)n2)c1OC. The van der Waals surface area contributed by atoms with Crippen LogP contribution in [0.4, 0.5) is 22.0 Å². The second kappa shape index (κ2) is 10.0. The van der Waals surface area contributed by atoms with E-state index in [9.17, 15) is 9.59 Å². The van der Waals surface area contributed by atoms with E-state index in [1.807, 2.05) is 46.6 Å². The van der Waals surface area contributed by atoms with Crippen LogP contribution < -0.4 is 20.3 Å². The van der Waals surface area contributed by atoms with Crippen molar-refractivity contribution in [3.05, 3.63) is 36.3 Å². The van der Waals surface area contributed by atoms with Gasteiger partial charge in [0.25, 0.3) is 5.91 Å². The number of aromatic nitrogens is 5. The van der Waals surface area contributed by atoms with Gasteiger partial charge in [0.2, 0.25) is 0 Å². The Labute approximate surface area is 223 Å². The molecule has 1 saturated heterocycles. The van der Waals surface area contributed by atoms with Crippen molar-refractivity contribution in [2.45, 2.75) is 30.5 Å². The molecule has 1 aromatic carbocycles. The standard InChI is InChI=1S/C23H30B3N9O3/c1-33-12-27-20(32-33)14-7-4-8-15(19(14)38-2)28-16-11-17(30-31-18(16)21(36)29-23(24,25)26)35-10-9-34(22(35)37)13-5-3-6-13/h4,7-8,11-13H,3,5-6,9-10,24-26H2,1-2H3,(H,28,30)(H,29,36). The maximum absolute atomic E-state index is 13.2. The number of nitrogens with zero attached hydrogens (tertiary/aromatic N) is 7. The van der Waals surface area contributed by atoms with Gasteiger partial charge in [-0.05, 0) is 36.6 Å². The summed E-state index contributed by atoms with van der Waals surface area (Å²) in [6, 6.07) is 7.45. The third kappa shape index (κ3) is 5.05. The molecular formula is C23H30B3N9O3. The maximum Gasteiger partial charge on any atom is 0.326 e. The van der Waals surface area contributed by atoms with Crippen molar-refractivity contribution in [2.24, 2.45) is 7.05 Å². The van der Waals surface area contributed by atoms with E-state index in [0.29, 0.717) is 53.5 Å². The van der Waals surface area contributed by atoms with Gasteiger partial charge in [-0.15, -0.1) is 10.2 Å². The van der Waals surface area contributed by atoms with Crippen LogP contribution in [-0.4, -0.2) is 96.8 Å². The minimum atomic E-state index is -0.481. The zero-order valence-electron chi connectivity index (χ0n) is 22.4. The lowest BCUT2D eigenvalue weighted by Gasteiger charge is -2.34. The van der Waals surface area contributed by atoms with Crippen LogP contribution in [0.2, 0.25) is 0 Å². The van der Waals surface area contributed by atoms with Gasteiger partial charge >= 0.3 is 6.03 Å². The Bertz CT molecular complexity index is 1370. The molecule has 3 amide bonds. The van der Waals surface area contributed by atoms with Gasteiger partial charge in [0, 0.05) is 32.2 Å². The monoisotopic (exact) mass is 513 g/mol. The minimum absolute atomic E-state index is 0.0809. The average Bonchev–Trinajstić information content (AvgIpc) is 3.42. The molecular weight excluding hydrogens is 483 g/mol. The first-order valence-corrected chi connectivity index (χ1v) is 12.7. The van der Waals surface area contributed by atoms with Gasteiger partial charge in [0.05, 0.1) is 24.0 Å². The molecule has 3 aromatic rings. The van der Waals surface area contributed by atoms with E-state index < -0.39 is 5.24 Å². The second-order valence-electron chi connectivity index (χ2n) is 10.6. The van der Waals surface area contributed by atoms with E-state index in [2.05, 4.69) is 30.9 Å². The number of carbonyl (C=O) groups excluding carboxylic acids is 2. The molecule has 2 fully saturated rings. The van der Waals surface area contributed by atoms with Crippen LogP contribution in [0, 0.1) is 0 Å². The topological polar surface area (TPSA) is 130 Å². The summed E-state index contributed by atoms with van der Waals surface area (Å²) in [5, 5.41) is 18.7. The molecule has 2 aliphatic rings. The highest BCUT2D eigenvalue weighted by Gasteiger charge is 2.38. The molecule has 3 heterocycles. The van der Waals surface area contributed by atoms with Crippen molar-refractivity contribution < 1.29 is 14.3 Å². The van der Waals surface area contributed by atoms with Gasteiger partial charge in [-0.25, -0.2) is 9.78 Å². The molecule has 1 aliphatic heterocycles. The number of aryl methyl sites for hydroxylation is 1. The molecule has 38 heavy (non-hydrogen) atoms. The van der Waals surface area contributed by atoms with E-state index in [1.54, 1.807) is 36.1 Å². The zero-order chi connectivity index (χ0) is 27.0. The highest BCUT2D eigenvalue weighted by atomic mass is 16.5. The lowest BCUT2D eigenvalue weighted by Crippen LogP contribution is -2.50. The zero-order valence-corrected chi connectivity index (χ0v) is 22.4. The van der Waals surface area contributed by atoms with Gasteiger partial charge in [0.1, 0.15) is 29.9 Å². The minimum Gasteiger partial charge on any atom is -0.494 e. The van der Waals surface area contributed by atoms with E-state index in [1.165, 1.54) is 0 Å². The number of amides is 3. The molecule has 194 valence electrons. The fraction of sp³-hybridized carbons (Fsp3) is 0.391. The van der Waals surface area contributed by atoms with Crippen LogP contribution in [0.5, 0.6) is 5.75 Å². The number of benzene rings is 1. The van der Waals surface area contributed by atoms with Crippen molar-refractivity contribution in [3.63, 3.8) is 0 Å². The number of anilines is 3. The molecule has 2 N–H and O–H groups in total. The summed E-state index contributed by atoms with van der Waals surface area (Å²) in [5.41, 5.74) is 1.78. The number of para-hydroxylation sites is 1. The highest BCUT2D eigenvalue weighted by molar-refractivity contribution is 6.60. The quantitative estimate of drug-likeness (QED) is 0.370. The second-order valence-corrected chi connectivity index (χ2v) is 10.6. The highest BCUT2D eigenvalue weighted by Crippen LogP contribution is 2.37. The van der Waals surface area contributed by atoms with Crippen LogP contribution in [0.25, 0.3) is 11.4 Å². The third-order valence-electron chi connectivity index (χ3n) is 6.65. The lowest BCUT2D eigenvalue weighted by molar-refractivity contribution is 0.0947. The van der Waals surface area contributed by atoms with Gasteiger partial charge < -0.3 is 20.3 Å². The fourth-order valence-electron chi connectivity index (χ4n) is 4.62. The van der Waals surface area contributed by atoms with E-state index in [4.69, 9.17) is 4.74 Å². The number of carbonyl (C=O) groups is 2. The Hall–Kier alpha value is -4.03. The summed E-state index contributed by atoms with van der Waals surface area (Å²) in [6.07, 6.45) is 4.83. The smallest absolute Gasteiger partial charge is 0.326 e. The fourth-order valence-corrected chi connectivity index (χ4v) is 4.62. The van der Waals surface area contributed by atoms with Crippen molar-refractivity contribution in [3.8, 4) is 17.1 Å². The molecule has 0 radical (unpaired) electrons. The van der Waals surface area contributed by atoms with Crippen molar-refractivity contribution in [1.82, 2.24) is 35.2 Å². The number of rotatable bonds is 8. The molecule has 1 saturated carbocycles.